The van der Waals surface area contributed by atoms with Crippen LogP contribution in [0, 0.1) is 0 Å². The summed E-state index contributed by atoms with van der Waals surface area (Å²) < 4.78 is 0. The second-order valence-electron chi connectivity index (χ2n) is 5.66. The number of imidazole rings is 1. The van der Waals surface area contributed by atoms with Crippen LogP contribution in [-0.2, 0) is 6.42 Å². The Bertz CT molecular complexity index is 831. The highest BCUT2D eigenvalue weighted by atomic mass is 16.2. The molecule has 0 bridgehead atoms. The number of hydrogen-bond donors (Lipinski definition) is 2. The normalized spacial score (nSPS) is 16.5. The number of aromatic nitrogens is 3. The van der Waals surface area contributed by atoms with Crippen molar-refractivity contribution in [3.05, 3.63) is 78.1 Å². The number of urea groups is 1. The van der Waals surface area contributed by atoms with Crippen molar-refractivity contribution < 1.29 is 4.79 Å². The summed E-state index contributed by atoms with van der Waals surface area (Å²) in [6.07, 6.45) is 4.17. The van der Waals surface area contributed by atoms with E-state index in [0.29, 0.717) is 6.54 Å². The molecule has 0 radical (unpaired) electrons. The highest BCUT2D eigenvalue weighted by Gasteiger charge is 2.34. The van der Waals surface area contributed by atoms with Gasteiger partial charge < -0.3 is 15.2 Å². The highest BCUT2D eigenvalue weighted by Crippen LogP contribution is 2.32. The molecule has 6 nitrogen and oxygen atoms in total. The van der Waals surface area contributed by atoms with Gasteiger partial charge in [-0.3, -0.25) is 4.98 Å². The number of fused-ring (bicyclic) bond motifs is 1. The fraction of sp³-hybridized carbons (Fsp3) is 0.167. The molecule has 3 heterocycles. The van der Waals surface area contributed by atoms with E-state index in [2.05, 4.69) is 20.3 Å². The van der Waals surface area contributed by atoms with Crippen molar-refractivity contribution in [3.63, 3.8) is 0 Å². The number of aromatic amines is 1. The molecular weight excluding hydrogens is 302 g/mol. The molecule has 0 saturated heterocycles. The van der Waals surface area contributed by atoms with Crippen molar-refractivity contribution in [1.82, 2.24) is 19.9 Å². The number of rotatable bonds is 2. The number of H-pyrrole nitrogens is 1. The Morgan fingerprint density at radius 1 is 1.12 bits per heavy atom. The van der Waals surface area contributed by atoms with Crippen molar-refractivity contribution in [2.24, 2.45) is 0 Å². The van der Waals surface area contributed by atoms with Gasteiger partial charge in [-0.25, -0.2) is 9.78 Å². The number of pyridine rings is 1. The zero-order chi connectivity index (χ0) is 16.4. The third-order valence-corrected chi connectivity index (χ3v) is 4.18. The largest absolute Gasteiger partial charge is 0.348 e. The van der Waals surface area contributed by atoms with E-state index in [-0.39, 0.29) is 12.1 Å². The molecule has 120 valence electrons. The highest BCUT2D eigenvalue weighted by molar-refractivity contribution is 5.90. The van der Waals surface area contributed by atoms with Gasteiger partial charge in [0.1, 0.15) is 6.04 Å². The lowest BCUT2D eigenvalue weighted by Gasteiger charge is -2.34. The van der Waals surface area contributed by atoms with Crippen molar-refractivity contribution in [1.29, 1.82) is 0 Å². The minimum atomic E-state index is -0.287. The molecule has 0 spiro atoms. The minimum Gasteiger partial charge on any atom is -0.348 e. The van der Waals surface area contributed by atoms with Gasteiger partial charge in [-0.2, -0.15) is 0 Å². The van der Waals surface area contributed by atoms with Crippen LogP contribution >= 0.6 is 0 Å². The van der Waals surface area contributed by atoms with Crippen molar-refractivity contribution in [2.45, 2.75) is 12.5 Å². The molecule has 24 heavy (non-hydrogen) atoms. The van der Waals surface area contributed by atoms with E-state index >= 15 is 0 Å². The summed E-state index contributed by atoms with van der Waals surface area (Å²) in [5.74, 6) is 0. The summed E-state index contributed by atoms with van der Waals surface area (Å²) in [7, 11) is 0. The van der Waals surface area contributed by atoms with Gasteiger partial charge in [-0.15, -0.1) is 0 Å². The zero-order valence-electron chi connectivity index (χ0n) is 13.0. The van der Waals surface area contributed by atoms with Gasteiger partial charge in [0, 0.05) is 30.5 Å². The molecule has 4 rings (SSSR count). The van der Waals surface area contributed by atoms with Crippen LogP contribution in [0.25, 0.3) is 0 Å². The number of nitrogens with zero attached hydrogens (tertiary/aromatic N) is 3. The SMILES string of the molecule is O=C(Nc1ccccc1)N1CCc2[nH]cnc2C1c1ccccn1. The van der Waals surface area contributed by atoms with Gasteiger partial charge in [0.15, 0.2) is 0 Å². The van der Waals surface area contributed by atoms with Crippen LogP contribution in [0.15, 0.2) is 61.1 Å². The molecule has 2 aromatic heterocycles. The Balaban J connectivity index is 1.67. The summed E-state index contributed by atoms with van der Waals surface area (Å²) in [5.41, 5.74) is 3.52. The summed E-state index contributed by atoms with van der Waals surface area (Å²) in [5, 5.41) is 2.96. The van der Waals surface area contributed by atoms with Crippen molar-refractivity contribution in [3.8, 4) is 0 Å². The van der Waals surface area contributed by atoms with Crippen molar-refractivity contribution >= 4 is 11.7 Å². The number of carbonyl (C=O) groups is 1. The summed E-state index contributed by atoms with van der Waals surface area (Å²) in [4.78, 5) is 26.7. The van der Waals surface area contributed by atoms with Gasteiger partial charge in [-0.05, 0) is 24.3 Å². The third kappa shape index (κ3) is 2.62. The molecule has 1 aliphatic heterocycles. The number of hydrogen-bond acceptors (Lipinski definition) is 3. The van der Waals surface area contributed by atoms with Crippen LogP contribution < -0.4 is 5.32 Å². The molecule has 0 aliphatic carbocycles. The lowest BCUT2D eigenvalue weighted by atomic mass is 10.00. The molecule has 2 N–H and O–H groups in total. The Morgan fingerprint density at radius 3 is 2.75 bits per heavy atom. The van der Waals surface area contributed by atoms with Gasteiger partial charge in [0.2, 0.25) is 0 Å². The molecule has 0 saturated carbocycles. The first-order valence-electron chi connectivity index (χ1n) is 7.88. The molecule has 3 aromatic rings. The lowest BCUT2D eigenvalue weighted by molar-refractivity contribution is 0.191. The number of amides is 2. The molecule has 1 unspecified atom stereocenters. The second-order valence-corrected chi connectivity index (χ2v) is 5.66. The van der Waals surface area contributed by atoms with Gasteiger partial charge >= 0.3 is 6.03 Å². The van der Waals surface area contributed by atoms with Crippen molar-refractivity contribution in [2.75, 3.05) is 11.9 Å². The Kier molecular flexibility index (Phi) is 3.70. The van der Waals surface area contributed by atoms with E-state index in [1.807, 2.05) is 48.5 Å². The average Bonchev–Trinajstić information content (AvgIpc) is 3.11. The van der Waals surface area contributed by atoms with E-state index < -0.39 is 0 Å². The lowest BCUT2D eigenvalue weighted by Crippen LogP contribution is -2.43. The fourth-order valence-corrected chi connectivity index (χ4v) is 3.05. The van der Waals surface area contributed by atoms with Crippen LogP contribution in [0.5, 0.6) is 0 Å². The molecule has 0 fully saturated rings. The average molecular weight is 319 g/mol. The quantitative estimate of drug-likeness (QED) is 0.762. The maximum atomic E-state index is 12.8. The zero-order valence-corrected chi connectivity index (χ0v) is 13.0. The van der Waals surface area contributed by atoms with E-state index in [4.69, 9.17) is 0 Å². The number of nitrogens with one attached hydrogen (secondary N) is 2. The molecular formula is C18H17N5O. The smallest absolute Gasteiger partial charge is 0.322 e. The predicted octanol–water partition coefficient (Wildman–Crippen LogP) is 2.98. The van der Waals surface area contributed by atoms with Crippen LogP contribution in [0.3, 0.4) is 0 Å². The van der Waals surface area contributed by atoms with E-state index in [1.54, 1.807) is 17.4 Å². The summed E-state index contributed by atoms with van der Waals surface area (Å²) in [6, 6.07) is 14.7. The summed E-state index contributed by atoms with van der Waals surface area (Å²) in [6.45, 7) is 0.606. The maximum absolute atomic E-state index is 12.8. The standard InChI is InChI=1S/C18H17N5O/c24-18(22-13-6-2-1-3-7-13)23-11-9-14-16(21-12-20-14)17(23)15-8-4-5-10-19-15/h1-8,10,12,17H,9,11H2,(H,20,21)(H,22,24). The second kappa shape index (κ2) is 6.16. The van der Waals surface area contributed by atoms with Crippen LogP contribution in [0.2, 0.25) is 0 Å². The molecule has 2 amide bonds. The molecule has 6 heteroatoms. The van der Waals surface area contributed by atoms with E-state index in [0.717, 1.165) is 29.2 Å². The van der Waals surface area contributed by atoms with Crippen LogP contribution in [0.1, 0.15) is 23.1 Å². The number of benzene rings is 1. The molecule has 1 atom stereocenters. The van der Waals surface area contributed by atoms with E-state index in [9.17, 15) is 4.79 Å². The first-order valence-corrected chi connectivity index (χ1v) is 7.88. The van der Waals surface area contributed by atoms with Gasteiger partial charge in [0.25, 0.3) is 0 Å². The van der Waals surface area contributed by atoms with Gasteiger partial charge in [0.05, 0.1) is 17.7 Å². The van der Waals surface area contributed by atoms with Gasteiger partial charge in [-0.1, -0.05) is 24.3 Å². The minimum absolute atomic E-state index is 0.148. The van der Waals surface area contributed by atoms with E-state index in [1.165, 1.54) is 0 Å². The van der Waals surface area contributed by atoms with Crippen LogP contribution in [0.4, 0.5) is 10.5 Å². The molecule has 1 aliphatic rings. The maximum Gasteiger partial charge on any atom is 0.322 e. The molecule has 1 aromatic carbocycles. The Morgan fingerprint density at radius 2 is 1.96 bits per heavy atom. The first-order chi connectivity index (χ1) is 11.8. The number of anilines is 1. The Hall–Kier alpha value is -3.15. The first kappa shape index (κ1) is 14.4. The third-order valence-electron chi connectivity index (χ3n) is 4.18. The topological polar surface area (TPSA) is 73.9 Å². The number of carbonyl (C=O) groups excluding carboxylic acids is 1. The fourth-order valence-electron chi connectivity index (χ4n) is 3.05. The monoisotopic (exact) mass is 319 g/mol. The summed E-state index contributed by atoms with van der Waals surface area (Å²) >= 11 is 0. The van der Waals surface area contributed by atoms with Crippen LogP contribution in [-0.4, -0.2) is 32.4 Å². The Labute approximate surface area is 139 Å². The predicted molar refractivity (Wildman–Crippen MR) is 90.5 cm³/mol. The number of para-hydroxylation sites is 1.